The maximum absolute atomic E-state index is 6.48. The molecule has 3 atom stereocenters. The van der Waals surface area contributed by atoms with Crippen LogP contribution in [0.2, 0.25) is 5.02 Å². The average Bonchev–Trinajstić information content (AvgIpc) is 3.25. The van der Waals surface area contributed by atoms with Crippen LogP contribution >= 0.6 is 23.4 Å². The Morgan fingerprint density at radius 2 is 2.20 bits per heavy atom. The maximum atomic E-state index is 6.48. The molecule has 3 rings (SSSR count). The lowest BCUT2D eigenvalue weighted by Gasteiger charge is -2.23. The number of halogens is 1. The number of hydrogen-bond acceptors (Lipinski definition) is 3. The molecule has 25 heavy (non-hydrogen) atoms. The Balaban J connectivity index is 0.00000109. The molecule has 0 radical (unpaired) electrons. The molecule has 1 saturated heterocycles. The Bertz CT molecular complexity index is 633. The summed E-state index contributed by atoms with van der Waals surface area (Å²) in [7, 11) is 0. The Morgan fingerprint density at radius 1 is 1.40 bits per heavy atom. The molecule has 138 valence electrons. The van der Waals surface area contributed by atoms with E-state index >= 15 is 0 Å². The van der Waals surface area contributed by atoms with Crippen molar-refractivity contribution in [2.24, 2.45) is 5.92 Å². The molecule has 1 aliphatic rings. The second-order valence-electron chi connectivity index (χ2n) is 6.23. The zero-order valence-electron chi connectivity index (χ0n) is 15.6. The summed E-state index contributed by atoms with van der Waals surface area (Å²) in [6, 6.07) is 6.20. The van der Waals surface area contributed by atoms with Gasteiger partial charge in [0.15, 0.2) is 0 Å². The average molecular weight is 381 g/mol. The maximum Gasteiger partial charge on any atom is 0.102 e. The van der Waals surface area contributed by atoms with E-state index in [2.05, 4.69) is 31.0 Å². The standard InChI is InChI=1S/C18H23ClN2OS.C2H6/c1-13-3-4-16(17(19)9-13)18(10-21-7-6-20-12-21)22-11-15-5-8-23-14(15)2;1-2/h3-4,6-7,9,12,14-15,18H,5,8,10-11H2,1-2H3;1-2H3. The molecule has 1 aromatic carbocycles. The number of imidazole rings is 1. The van der Waals surface area contributed by atoms with Crippen molar-refractivity contribution in [1.82, 2.24) is 9.55 Å². The van der Waals surface area contributed by atoms with E-state index in [1.165, 1.54) is 17.7 Å². The first-order chi connectivity index (χ1) is 12.1. The van der Waals surface area contributed by atoms with E-state index in [-0.39, 0.29) is 6.10 Å². The predicted molar refractivity (Wildman–Crippen MR) is 108 cm³/mol. The number of benzene rings is 1. The zero-order valence-corrected chi connectivity index (χ0v) is 17.2. The van der Waals surface area contributed by atoms with Gasteiger partial charge >= 0.3 is 0 Å². The summed E-state index contributed by atoms with van der Waals surface area (Å²) in [5.74, 6) is 1.88. The molecule has 3 unspecified atom stereocenters. The van der Waals surface area contributed by atoms with Crippen molar-refractivity contribution in [3.63, 3.8) is 0 Å². The highest BCUT2D eigenvalue weighted by molar-refractivity contribution is 8.00. The Kier molecular flexibility index (Phi) is 8.34. The van der Waals surface area contributed by atoms with Crippen LogP contribution in [0.4, 0.5) is 0 Å². The van der Waals surface area contributed by atoms with Gasteiger partial charge in [-0.15, -0.1) is 0 Å². The van der Waals surface area contributed by atoms with Gasteiger partial charge in [-0.25, -0.2) is 4.98 Å². The van der Waals surface area contributed by atoms with Crippen LogP contribution in [-0.2, 0) is 11.3 Å². The summed E-state index contributed by atoms with van der Waals surface area (Å²) in [6.07, 6.45) is 6.78. The Labute approximate surface area is 161 Å². The highest BCUT2D eigenvalue weighted by Crippen LogP contribution is 2.34. The molecule has 0 spiro atoms. The van der Waals surface area contributed by atoms with Crippen molar-refractivity contribution < 1.29 is 4.74 Å². The largest absolute Gasteiger partial charge is 0.371 e. The van der Waals surface area contributed by atoms with Crippen LogP contribution in [0.1, 0.15) is 44.4 Å². The lowest BCUT2D eigenvalue weighted by atomic mass is 10.0. The van der Waals surface area contributed by atoms with Crippen LogP contribution in [0.15, 0.2) is 36.9 Å². The minimum Gasteiger partial charge on any atom is -0.371 e. The normalized spacial score (nSPS) is 20.8. The number of aromatic nitrogens is 2. The van der Waals surface area contributed by atoms with Crippen LogP contribution < -0.4 is 0 Å². The molecular formula is C20H29ClN2OS. The molecule has 2 heterocycles. The summed E-state index contributed by atoms with van der Waals surface area (Å²) >= 11 is 8.52. The van der Waals surface area contributed by atoms with Gasteiger partial charge < -0.3 is 9.30 Å². The second-order valence-corrected chi connectivity index (χ2v) is 8.12. The van der Waals surface area contributed by atoms with Gasteiger partial charge in [0.1, 0.15) is 6.10 Å². The van der Waals surface area contributed by atoms with Crippen LogP contribution in [0, 0.1) is 12.8 Å². The van der Waals surface area contributed by atoms with Gasteiger partial charge in [-0.05, 0) is 36.6 Å². The third-order valence-electron chi connectivity index (χ3n) is 4.48. The van der Waals surface area contributed by atoms with E-state index < -0.39 is 0 Å². The topological polar surface area (TPSA) is 27.1 Å². The number of ether oxygens (including phenoxy) is 1. The molecule has 0 aliphatic carbocycles. The Hall–Kier alpha value is -0.970. The van der Waals surface area contributed by atoms with Crippen LogP contribution in [0.25, 0.3) is 0 Å². The van der Waals surface area contributed by atoms with E-state index in [0.717, 1.165) is 23.7 Å². The van der Waals surface area contributed by atoms with E-state index in [0.29, 0.717) is 11.2 Å². The van der Waals surface area contributed by atoms with Crippen molar-refractivity contribution >= 4 is 23.4 Å². The van der Waals surface area contributed by atoms with Gasteiger partial charge in [0.2, 0.25) is 0 Å². The fraction of sp³-hybridized carbons (Fsp3) is 0.550. The molecule has 1 aromatic heterocycles. The van der Waals surface area contributed by atoms with Gasteiger partial charge in [-0.1, -0.05) is 44.5 Å². The Morgan fingerprint density at radius 3 is 2.80 bits per heavy atom. The van der Waals surface area contributed by atoms with Gasteiger partial charge in [0, 0.05) is 28.2 Å². The van der Waals surface area contributed by atoms with Gasteiger partial charge in [-0.3, -0.25) is 0 Å². The monoisotopic (exact) mass is 380 g/mol. The predicted octanol–water partition coefficient (Wildman–Crippen LogP) is 5.77. The van der Waals surface area contributed by atoms with E-state index in [1.54, 1.807) is 6.20 Å². The van der Waals surface area contributed by atoms with Crippen molar-refractivity contribution in [2.75, 3.05) is 12.4 Å². The van der Waals surface area contributed by atoms with Gasteiger partial charge in [0.25, 0.3) is 0 Å². The summed E-state index contributed by atoms with van der Waals surface area (Å²) < 4.78 is 8.38. The second kappa shape index (κ2) is 10.2. The number of nitrogens with zero attached hydrogens (tertiary/aromatic N) is 2. The summed E-state index contributed by atoms with van der Waals surface area (Å²) in [5, 5.41) is 1.46. The molecule has 0 bridgehead atoms. The van der Waals surface area contributed by atoms with Crippen LogP contribution in [0.5, 0.6) is 0 Å². The molecule has 1 fully saturated rings. The quantitative estimate of drug-likeness (QED) is 0.636. The molecular weight excluding hydrogens is 352 g/mol. The highest BCUT2D eigenvalue weighted by atomic mass is 35.5. The molecule has 5 heteroatoms. The molecule has 0 saturated carbocycles. The molecule has 2 aromatic rings. The molecule has 3 nitrogen and oxygen atoms in total. The van der Waals surface area contributed by atoms with Crippen molar-refractivity contribution in [2.45, 2.75) is 52.0 Å². The summed E-state index contributed by atoms with van der Waals surface area (Å²) in [5.41, 5.74) is 2.23. The van der Waals surface area contributed by atoms with Crippen molar-refractivity contribution in [3.05, 3.63) is 53.1 Å². The number of thioether (sulfide) groups is 1. The first-order valence-corrected chi connectivity index (χ1v) is 10.5. The minimum absolute atomic E-state index is 0.0462. The third kappa shape index (κ3) is 5.77. The number of hydrogen-bond donors (Lipinski definition) is 0. The van der Waals surface area contributed by atoms with Gasteiger partial charge in [-0.2, -0.15) is 11.8 Å². The smallest absolute Gasteiger partial charge is 0.102 e. The van der Waals surface area contributed by atoms with E-state index in [9.17, 15) is 0 Å². The minimum atomic E-state index is -0.0462. The number of aryl methyl sites for hydroxylation is 1. The first-order valence-electron chi connectivity index (χ1n) is 9.08. The fourth-order valence-corrected chi connectivity index (χ4v) is 4.61. The van der Waals surface area contributed by atoms with Crippen molar-refractivity contribution in [3.8, 4) is 0 Å². The summed E-state index contributed by atoms with van der Waals surface area (Å²) in [4.78, 5) is 4.13. The van der Waals surface area contributed by atoms with E-state index in [1.807, 2.05) is 48.8 Å². The fourth-order valence-electron chi connectivity index (χ4n) is 2.96. The molecule has 1 aliphatic heterocycles. The van der Waals surface area contributed by atoms with Crippen LogP contribution in [-0.4, -0.2) is 27.2 Å². The first kappa shape index (κ1) is 20.3. The molecule has 0 amide bonds. The third-order valence-corrected chi connectivity index (χ3v) is 6.19. The summed E-state index contributed by atoms with van der Waals surface area (Å²) in [6.45, 7) is 9.88. The number of rotatable bonds is 6. The van der Waals surface area contributed by atoms with E-state index in [4.69, 9.17) is 16.3 Å². The highest BCUT2D eigenvalue weighted by Gasteiger charge is 2.26. The SMILES string of the molecule is CC.Cc1ccc(C(Cn2ccnc2)OCC2CCSC2C)c(Cl)c1. The van der Waals surface area contributed by atoms with Gasteiger partial charge in [0.05, 0.1) is 19.5 Å². The van der Waals surface area contributed by atoms with Crippen LogP contribution in [0.3, 0.4) is 0 Å². The van der Waals surface area contributed by atoms with Crippen molar-refractivity contribution in [1.29, 1.82) is 0 Å². The molecule has 0 N–H and O–H groups in total. The zero-order chi connectivity index (χ0) is 18.2. The lowest BCUT2D eigenvalue weighted by molar-refractivity contribution is 0.0185. The lowest BCUT2D eigenvalue weighted by Crippen LogP contribution is -2.20.